The van der Waals surface area contributed by atoms with E-state index < -0.39 is 5.60 Å². The van der Waals surface area contributed by atoms with Gasteiger partial charge in [-0.05, 0) is 25.7 Å². The van der Waals surface area contributed by atoms with E-state index in [1.54, 1.807) is 11.9 Å². The van der Waals surface area contributed by atoms with Crippen molar-refractivity contribution in [2.75, 3.05) is 20.1 Å². The predicted molar refractivity (Wildman–Crippen MR) is 64.3 cm³/mol. The fourth-order valence-electron chi connectivity index (χ4n) is 2.31. The highest BCUT2D eigenvalue weighted by molar-refractivity contribution is 5.73. The lowest BCUT2D eigenvalue weighted by Gasteiger charge is -2.36. The van der Waals surface area contributed by atoms with Gasteiger partial charge in [-0.3, -0.25) is 0 Å². The quantitative estimate of drug-likeness (QED) is 0.770. The molecule has 0 spiro atoms. The molecule has 0 aromatic heterocycles. The molecular formula is C12H24N2O2. The summed E-state index contributed by atoms with van der Waals surface area (Å²) in [6.07, 6.45) is 3.83. The highest BCUT2D eigenvalue weighted by atomic mass is 16.3. The van der Waals surface area contributed by atoms with Crippen LogP contribution in [0.3, 0.4) is 0 Å². The van der Waals surface area contributed by atoms with Gasteiger partial charge in [0.05, 0.1) is 5.60 Å². The van der Waals surface area contributed by atoms with Crippen molar-refractivity contribution < 1.29 is 9.90 Å². The Kier molecular flexibility index (Phi) is 4.59. The van der Waals surface area contributed by atoms with Crippen LogP contribution in [0.2, 0.25) is 0 Å². The first-order valence-corrected chi connectivity index (χ1v) is 6.18. The Bertz CT molecular complexity index is 245. The maximum absolute atomic E-state index is 11.5. The molecule has 2 atom stereocenters. The number of carbonyl (C=O) groups is 1. The second-order valence-electron chi connectivity index (χ2n) is 5.10. The average Bonchev–Trinajstić information content (AvgIpc) is 2.24. The van der Waals surface area contributed by atoms with Gasteiger partial charge in [0.15, 0.2) is 0 Å². The Hall–Kier alpha value is -0.770. The first-order valence-electron chi connectivity index (χ1n) is 6.18. The standard InChI is InChI=1S/C12H24N2O2/c1-4-14(3)11(15)13-9-12(16)7-5-6-10(2)8-12/h10,16H,4-9H2,1-3H3,(H,13,15). The maximum atomic E-state index is 11.5. The van der Waals surface area contributed by atoms with Crippen LogP contribution in [0, 0.1) is 5.92 Å². The summed E-state index contributed by atoms with van der Waals surface area (Å²) >= 11 is 0. The summed E-state index contributed by atoms with van der Waals surface area (Å²) in [4.78, 5) is 13.2. The number of nitrogens with zero attached hydrogens (tertiary/aromatic N) is 1. The molecule has 0 aromatic rings. The molecule has 94 valence electrons. The lowest BCUT2D eigenvalue weighted by Crippen LogP contribution is -2.48. The SMILES string of the molecule is CCN(C)C(=O)NCC1(O)CCCC(C)C1. The number of hydrogen-bond donors (Lipinski definition) is 2. The minimum atomic E-state index is -0.693. The van der Waals surface area contributed by atoms with Crippen LogP contribution < -0.4 is 5.32 Å². The number of aliphatic hydroxyl groups is 1. The van der Waals surface area contributed by atoms with Crippen LogP contribution in [0.5, 0.6) is 0 Å². The van der Waals surface area contributed by atoms with E-state index in [-0.39, 0.29) is 6.03 Å². The lowest BCUT2D eigenvalue weighted by molar-refractivity contribution is -0.0101. The number of urea groups is 1. The first-order chi connectivity index (χ1) is 7.47. The number of rotatable bonds is 3. The maximum Gasteiger partial charge on any atom is 0.317 e. The van der Waals surface area contributed by atoms with Crippen molar-refractivity contribution in [3.05, 3.63) is 0 Å². The molecule has 1 aliphatic rings. The Balaban J connectivity index is 2.38. The fourth-order valence-corrected chi connectivity index (χ4v) is 2.31. The van der Waals surface area contributed by atoms with E-state index in [9.17, 15) is 9.90 Å². The smallest absolute Gasteiger partial charge is 0.317 e. The third kappa shape index (κ3) is 3.67. The fraction of sp³-hybridized carbons (Fsp3) is 0.917. The molecule has 1 rings (SSSR count). The molecule has 16 heavy (non-hydrogen) atoms. The van der Waals surface area contributed by atoms with Gasteiger partial charge < -0.3 is 15.3 Å². The molecule has 1 fully saturated rings. The van der Waals surface area contributed by atoms with Gasteiger partial charge in [0.2, 0.25) is 0 Å². The van der Waals surface area contributed by atoms with Gasteiger partial charge in [0, 0.05) is 20.1 Å². The first kappa shape index (κ1) is 13.3. The van der Waals surface area contributed by atoms with Crippen molar-refractivity contribution in [3.8, 4) is 0 Å². The third-order valence-electron chi connectivity index (χ3n) is 3.46. The summed E-state index contributed by atoms with van der Waals surface area (Å²) in [6, 6.07) is -0.103. The molecule has 2 unspecified atom stereocenters. The molecule has 0 heterocycles. The zero-order valence-electron chi connectivity index (χ0n) is 10.6. The largest absolute Gasteiger partial charge is 0.388 e. The van der Waals surface area contributed by atoms with Crippen molar-refractivity contribution in [1.82, 2.24) is 10.2 Å². The summed E-state index contributed by atoms with van der Waals surface area (Å²) in [7, 11) is 1.75. The van der Waals surface area contributed by atoms with Crippen LogP contribution in [0.1, 0.15) is 39.5 Å². The van der Waals surface area contributed by atoms with Crippen molar-refractivity contribution in [1.29, 1.82) is 0 Å². The zero-order valence-corrected chi connectivity index (χ0v) is 10.6. The van der Waals surface area contributed by atoms with Gasteiger partial charge in [-0.1, -0.05) is 19.8 Å². The highest BCUT2D eigenvalue weighted by Crippen LogP contribution is 2.31. The molecule has 0 radical (unpaired) electrons. The van der Waals surface area contributed by atoms with E-state index in [1.807, 2.05) is 6.92 Å². The van der Waals surface area contributed by atoms with Crippen LogP contribution in [-0.2, 0) is 0 Å². The summed E-state index contributed by atoms with van der Waals surface area (Å²) in [6.45, 7) is 5.14. The molecule has 1 aliphatic carbocycles. The van der Waals surface area contributed by atoms with Gasteiger partial charge in [0.1, 0.15) is 0 Å². The van der Waals surface area contributed by atoms with Crippen LogP contribution in [-0.4, -0.2) is 41.8 Å². The van der Waals surface area contributed by atoms with E-state index in [0.29, 0.717) is 19.0 Å². The summed E-state index contributed by atoms with van der Waals surface area (Å²) < 4.78 is 0. The van der Waals surface area contributed by atoms with Crippen LogP contribution in [0.25, 0.3) is 0 Å². The van der Waals surface area contributed by atoms with Crippen LogP contribution in [0.4, 0.5) is 4.79 Å². The lowest BCUT2D eigenvalue weighted by atomic mass is 9.79. The third-order valence-corrected chi connectivity index (χ3v) is 3.46. The molecule has 0 saturated heterocycles. The van der Waals surface area contributed by atoms with Crippen molar-refractivity contribution >= 4 is 6.03 Å². The molecule has 1 saturated carbocycles. The van der Waals surface area contributed by atoms with E-state index in [2.05, 4.69) is 12.2 Å². The minimum Gasteiger partial charge on any atom is -0.388 e. The van der Waals surface area contributed by atoms with E-state index in [4.69, 9.17) is 0 Å². The topological polar surface area (TPSA) is 52.6 Å². The molecule has 0 bridgehead atoms. The van der Waals surface area contributed by atoms with E-state index in [0.717, 1.165) is 19.3 Å². The van der Waals surface area contributed by atoms with Gasteiger partial charge in [0.25, 0.3) is 0 Å². The number of hydrogen-bond acceptors (Lipinski definition) is 2. The number of carbonyl (C=O) groups excluding carboxylic acids is 1. The van der Waals surface area contributed by atoms with Gasteiger partial charge >= 0.3 is 6.03 Å². The van der Waals surface area contributed by atoms with E-state index >= 15 is 0 Å². The number of amides is 2. The van der Waals surface area contributed by atoms with Crippen molar-refractivity contribution in [2.45, 2.75) is 45.1 Å². The summed E-state index contributed by atoms with van der Waals surface area (Å²) in [5.41, 5.74) is -0.693. The predicted octanol–water partition coefficient (Wildman–Crippen LogP) is 1.59. The molecule has 4 heteroatoms. The average molecular weight is 228 g/mol. The molecule has 2 N–H and O–H groups in total. The summed E-state index contributed by atoms with van der Waals surface area (Å²) in [5.74, 6) is 0.555. The summed E-state index contributed by atoms with van der Waals surface area (Å²) in [5, 5.41) is 13.1. The van der Waals surface area contributed by atoms with E-state index in [1.165, 1.54) is 6.42 Å². The number of nitrogens with one attached hydrogen (secondary N) is 1. The second kappa shape index (κ2) is 5.53. The molecular weight excluding hydrogens is 204 g/mol. The molecule has 0 aromatic carbocycles. The molecule has 0 aliphatic heterocycles. The van der Waals surface area contributed by atoms with Gasteiger partial charge in [-0.2, -0.15) is 0 Å². The Morgan fingerprint density at radius 2 is 2.31 bits per heavy atom. The van der Waals surface area contributed by atoms with Gasteiger partial charge in [-0.25, -0.2) is 4.79 Å². The highest BCUT2D eigenvalue weighted by Gasteiger charge is 2.32. The van der Waals surface area contributed by atoms with Crippen molar-refractivity contribution in [2.24, 2.45) is 5.92 Å². The van der Waals surface area contributed by atoms with Crippen LogP contribution in [0.15, 0.2) is 0 Å². The Labute approximate surface area is 98.0 Å². The Morgan fingerprint density at radius 3 is 2.88 bits per heavy atom. The van der Waals surface area contributed by atoms with Crippen LogP contribution >= 0.6 is 0 Å². The molecule has 2 amide bonds. The minimum absolute atomic E-state index is 0.103. The molecule has 4 nitrogen and oxygen atoms in total. The monoisotopic (exact) mass is 228 g/mol. The van der Waals surface area contributed by atoms with Gasteiger partial charge in [-0.15, -0.1) is 0 Å². The normalized spacial score (nSPS) is 29.9. The second-order valence-corrected chi connectivity index (χ2v) is 5.10. The zero-order chi connectivity index (χ0) is 12.2. The van der Waals surface area contributed by atoms with Crippen molar-refractivity contribution in [3.63, 3.8) is 0 Å². The Morgan fingerprint density at radius 1 is 1.62 bits per heavy atom.